The average Bonchev–Trinajstić information content (AvgIpc) is 2.91. The molecule has 0 radical (unpaired) electrons. The Hall–Kier alpha value is -3.68. The van der Waals surface area contributed by atoms with Gasteiger partial charge in [0.05, 0.1) is 0 Å². The molecule has 2 atom stereocenters. The summed E-state index contributed by atoms with van der Waals surface area (Å²) in [6.45, 7) is 0. The molecule has 0 aliphatic carbocycles. The van der Waals surface area contributed by atoms with E-state index in [4.69, 9.17) is 10.5 Å². The number of esters is 1. The summed E-state index contributed by atoms with van der Waals surface area (Å²) in [6, 6.07) is 27.4. The van der Waals surface area contributed by atoms with Crippen LogP contribution in [0.15, 0.2) is 102 Å². The van der Waals surface area contributed by atoms with Gasteiger partial charge in [0.2, 0.25) is 5.91 Å². The summed E-state index contributed by atoms with van der Waals surface area (Å²) < 4.78 is 6.04. The third-order valence-electron chi connectivity index (χ3n) is 6.18. The molecule has 6 nitrogen and oxygen atoms in total. The first-order chi connectivity index (χ1) is 17.0. The quantitative estimate of drug-likeness (QED) is 0.407. The van der Waals surface area contributed by atoms with Gasteiger partial charge in [0.25, 0.3) is 0 Å². The lowest BCUT2D eigenvalue weighted by molar-refractivity contribution is -0.153. The van der Waals surface area contributed by atoms with Crippen molar-refractivity contribution in [2.24, 2.45) is 5.73 Å². The van der Waals surface area contributed by atoms with Gasteiger partial charge in [0.1, 0.15) is 17.1 Å². The van der Waals surface area contributed by atoms with Gasteiger partial charge in [-0.15, -0.1) is 11.8 Å². The smallest absolute Gasteiger partial charge is 0.356 e. The number of rotatable bonds is 7. The molecule has 2 aliphatic rings. The van der Waals surface area contributed by atoms with Gasteiger partial charge in [-0.3, -0.25) is 14.5 Å². The molecular weight excluding hydrogens is 460 g/mol. The van der Waals surface area contributed by atoms with Crippen LogP contribution in [-0.4, -0.2) is 39.7 Å². The first kappa shape index (κ1) is 23.1. The average molecular weight is 485 g/mol. The van der Waals surface area contributed by atoms with Crippen LogP contribution in [0.3, 0.4) is 0 Å². The monoisotopic (exact) mass is 484 g/mol. The number of benzene rings is 3. The number of hydrogen-bond acceptors (Lipinski definition) is 6. The predicted molar refractivity (Wildman–Crippen MR) is 134 cm³/mol. The summed E-state index contributed by atoms with van der Waals surface area (Å²) in [5, 5.41) is -0.384. The van der Waals surface area contributed by atoms with Crippen LogP contribution in [0.5, 0.6) is 0 Å². The fourth-order valence-electron chi connectivity index (χ4n) is 4.35. The molecule has 3 aromatic rings. The molecule has 1 unspecified atom stereocenters. The molecule has 1 amide bonds. The number of ether oxygens (including phenoxy) is 1. The van der Waals surface area contributed by atoms with Crippen LogP contribution in [0.1, 0.15) is 22.8 Å². The molecule has 0 aromatic heterocycles. The lowest BCUT2D eigenvalue weighted by atomic mass is 9.98. The van der Waals surface area contributed by atoms with Crippen molar-refractivity contribution >= 4 is 29.4 Å². The molecule has 2 aliphatic heterocycles. The fraction of sp³-hybridized carbons (Fsp3) is 0.179. The highest BCUT2D eigenvalue weighted by Crippen LogP contribution is 2.41. The van der Waals surface area contributed by atoms with E-state index in [1.165, 1.54) is 16.7 Å². The van der Waals surface area contributed by atoms with E-state index in [-0.39, 0.29) is 29.2 Å². The topological polar surface area (TPSA) is 89.7 Å². The van der Waals surface area contributed by atoms with Crippen LogP contribution in [0.2, 0.25) is 0 Å². The number of carbonyl (C=O) groups excluding carboxylic acids is 3. The molecule has 0 spiro atoms. The molecule has 176 valence electrons. The Labute approximate surface area is 207 Å². The Morgan fingerprint density at radius 2 is 1.46 bits per heavy atom. The van der Waals surface area contributed by atoms with Crippen molar-refractivity contribution in [3.8, 4) is 0 Å². The Morgan fingerprint density at radius 3 is 2.03 bits per heavy atom. The molecule has 0 bridgehead atoms. The summed E-state index contributed by atoms with van der Waals surface area (Å²) in [7, 11) is 0. The van der Waals surface area contributed by atoms with Crippen molar-refractivity contribution in [2.45, 2.75) is 23.9 Å². The fourth-order valence-corrected chi connectivity index (χ4v) is 5.67. The number of amides is 1. The van der Waals surface area contributed by atoms with E-state index < -0.39 is 18.1 Å². The number of nitrogens with zero attached hydrogens (tertiary/aromatic N) is 1. The maximum atomic E-state index is 13.7. The van der Waals surface area contributed by atoms with Crippen LogP contribution in [-0.2, 0) is 25.5 Å². The van der Waals surface area contributed by atoms with Crippen LogP contribution in [0.4, 0.5) is 0 Å². The van der Waals surface area contributed by atoms with E-state index in [1.54, 1.807) is 0 Å². The second kappa shape index (κ2) is 9.90. The summed E-state index contributed by atoms with van der Waals surface area (Å²) >= 11 is 1.40. The van der Waals surface area contributed by atoms with Gasteiger partial charge < -0.3 is 10.5 Å². The number of carbonyl (C=O) groups is 3. The summed E-state index contributed by atoms with van der Waals surface area (Å²) in [6.07, 6.45) is -0.562. The molecule has 0 saturated carbocycles. The van der Waals surface area contributed by atoms with Gasteiger partial charge in [-0.05, 0) is 16.7 Å². The maximum Gasteiger partial charge on any atom is 0.356 e. The Morgan fingerprint density at radius 1 is 0.914 bits per heavy atom. The van der Waals surface area contributed by atoms with Crippen LogP contribution < -0.4 is 5.73 Å². The zero-order valence-corrected chi connectivity index (χ0v) is 19.7. The molecule has 35 heavy (non-hydrogen) atoms. The Bertz CT molecular complexity index is 1240. The number of Topliss-reactive ketones (excluding diaryl/α,β-unsaturated/α-hetero) is 1. The van der Waals surface area contributed by atoms with E-state index in [0.29, 0.717) is 11.3 Å². The standard InChI is InChI=1S/C28H24N2O4S/c29-23-26(32)30-24(21(17-35-27(23)30)22(31)16-18-10-4-1-5-11-18)28(33)34-25(19-12-6-2-7-13-19)20-14-8-3-9-15-20/h1-15,23,25,27H,16-17,29H2/t23?,27-/m1/s1. The summed E-state index contributed by atoms with van der Waals surface area (Å²) in [5.41, 5.74) is 8.72. The zero-order chi connectivity index (χ0) is 24.4. The number of ketones is 1. The number of thioether (sulfide) groups is 1. The lowest BCUT2D eigenvalue weighted by Crippen LogP contribution is -2.68. The minimum atomic E-state index is -0.704. The van der Waals surface area contributed by atoms with Crippen LogP contribution in [0.25, 0.3) is 0 Å². The van der Waals surface area contributed by atoms with Crippen molar-refractivity contribution < 1.29 is 19.1 Å². The highest BCUT2D eigenvalue weighted by atomic mass is 32.2. The van der Waals surface area contributed by atoms with Crippen molar-refractivity contribution in [3.05, 3.63) is 119 Å². The van der Waals surface area contributed by atoms with E-state index in [0.717, 1.165) is 16.7 Å². The van der Waals surface area contributed by atoms with Gasteiger partial charge >= 0.3 is 5.97 Å². The SMILES string of the molecule is NC1C(=O)N2C(C(=O)OC(c3ccccc3)c3ccccc3)=C(C(=O)Cc3ccccc3)CS[C@H]12. The van der Waals surface area contributed by atoms with Gasteiger partial charge in [0, 0.05) is 17.7 Å². The molecule has 3 aromatic carbocycles. The first-order valence-electron chi connectivity index (χ1n) is 11.4. The molecule has 1 fully saturated rings. The van der Waals surface area contributed by atoms with E-state index in [1.807, 2.05) is 91.0 Å². The molecule has 1 saturated heterocycles. The van der Waals surface area contributed by atoms with Gasteiger partial charge in [-0.25, -0.2) is 4.79 Å². The minimum Gasteiger partial charge on any atom is -0.448 e. The van der Waals surface area contributed by atoms with Crippen molar-refractivity contribution in [3.63, 3.8) is 0 Å². The molecular formula is C28H24N2O4S. The second-order valence-corrected chi connectivity index (χ2v) is 9.56. The lowest BCUT2D eigenvalue weighted by Gasteiger charge is -2.48. The maximum absolute atomic E-state index is 13.7. The minimum absolute atomic E-state index is 0.0123. The zero-order valence-electron chi connectivity index (χ0n) is 18.9. The van der Waals surface area contributed by atoms with Crippen LogP contribution in [0, 0.1) is 0 Å². The second-order valence-electron chi connectivity index (χ2n) is 8.46. The number of hydrogen-bond donors (Lipinski definition) is 1. The van der Waals surface area contributed by atoms with E-state index >= 15 is 0 Å². The third kappa shape index (κ3) is 4.52. The van der Waals surface area contributed by atoms with E-state index in [2.05, 4.69) is 0 Å². The molecule has 2 N–H and O–H groups in total. The number of nitrogens with two attached hydrogens (primary N) is 1. The summed E-state index contributed by atoms with van der Waals surface area (Å²) in [4.78, 5) is 41.0. The van der Waals surface area contributed by atoms with Crippen molar-refractivity contribution in [2.75, 3.05) is 5.75 Å². The Kier molecular flexibility index (Phi) is 6.53. The molecule has 2 heterocycles. The number of β-lactam (4-membered cyclic amide) rings is 1. The highest BCUT2D eigenvalue weighted by molar-refractivity contribution is 8.00. The van der Waals surface area contributed by atoms with Crippen LogP contribution >= 0.6 is 11.8 Å². The predicted octanol–water partition coefficient (Wildman–Crippen LogP) is 3.63. The van der Waals surface area contributed by atoms with Gasteiger partial charge in [-0.1, -0.05) is 91.0 Å². The van der Waals surface area contributed by atoms with E-state index in [9.17, 15) is 14.4 Å². The van der Waals surface area contributed by atoms with Gasteiger partial charge in [-0.2, -0.15) is 0 Å². The van der Waals surface area contributed by atoms with Crippen molar-refractivity contribution in [1.29, 1.82) is 0 Å². The first-order valence-corrected chi connectivity index (χ1v) is 12.4. The third-order valence-corrected chi connectivity index (χ3v) is 7.48. The largest absolute Gasteiger partial charge is 0.448 e. The molecule has 5 rings (SSSR count). The van der Waals surface area contributed by atoms with Crippen molar-refractivity contribution in [1.82, 2.24) is 4.90 Å². The summed E-state index contributed by atoms with van der Waals surface area (Å²) in [5.74, 6) is -1.00. The highest BCUT2D eigenvalue weighted by Gasteiger charge is 2.53. The molecule has 7 heteroatoms. The number of fused-ring (bicyclic) bond motifs is 1. The normalized spacial score (nSPS) is 19.3. The van der Waals surface area contributed by atoms with Gasteiger partial charge in [0.15, 0.2) is 11.9 Å². The Balaban J connectivity index is 1.51.